The number of rotatable bonds is 4. The van der Waals surface area contributed by atoms with Gasteiger partial charge in [-0.05, 0) is 53.5 Å². The first-order valence-corrected chi connectivity index (χ1v) is 6.95. The van der Waals surface area contributed by atoms with Crippen molar-refractivity contribution < 1.29 is 4.74 Å². The third kappa shape index (κ3) is 3.78. The number of hydrogen-bond donors (Lipinski definition) is 1. The molecule has 4 heteroatoms. The van der Waals surface area contributed by atoms with E-state index in [2.05, 4.69) is 20.9 Å². The zero-order valence-corrected chi connectivity index (χ0v) is 12.6. The molecule has 0 aliphatic heterocycles. The van der Waals surface area contributed by atoms with Crippen molar-refractivity contribution in [2.24, 2.45) is 5.73 Å². The van der Waals surface area contributed by atoms with Crippen molar-refractivity contribution >= 4 is 15.9 Å². The first kappa shape index (κ1) is 14.0. The van der Waals surface area contributed by atoms with E-state index in [9.17, 15) is 0 Å². The number of aryl methyl sites for hydroxylation is 1. The molecule has 0 aliphatic carbocycles. The molecule has 0 radical (unpaired) electrons. The number of nitrogens with zero attached hydrogens (tertiary/aromatic N) is 1. The lowest BCUT2D eigenvalue weighted by Gasteiger charge is -2.14. The highest BCUT2D eigenvalue weighted by molar-refractivity contribution is 9.10. The normalized spacial score (nSPS) is 12.2. The highest BCUT2D eigenvalue weighted by Gasteiger charge is 2.08. The second-order valence-electron chi connectivity index (χ2n) is 4.59. The Morgan fingerprint density at radius 2 is 2.11 bits per heavy atom. The summed E-state index contributed by atoms with van der Waals surface area (Å²) in [7, 11) is 0. The third-order valence-electron chi connectivity index (χ3n) is 2.82. The van der Waals surface area contributed by atoms with E-state index >= 15 is 0 Å². The van der Waals surface area contributed by atoms with Crippen molar-refractivity contribution in [3.8, 4) is 5.75 Å². The van der Waals surface area contributed by atoms with Gasteiger partial charge in [-0.2, -0.15) is 0 Å². The van der Waals surface area contributed by atoms with Crippen molar-refractivity contribution in [1.82, 2.24) is 4.98 Å². The van der Waals surface area contributed by atoms with E-state index in [1.54, 1.807) is 6.20 Å². The Labute approximate surface area is 121 Å². The largest absolute Gasteiger partial charge is 0.487 e. The van der Waals surface area contributed by atoms with Gasteiger partial charge in [0, 0.05) is 22.3 Å². The Bertz CT molecular complexity index is 553. The molecule has 1 aromatic heterocycles. The summed E-state index contributed by atoms with van der Waals surface area (Å²) in [6.07, 6.45) is 1.77. The van der Waals surface area contributed by atoms with Gasteiger partial charge in [0.1, 0.15) is 12.4 Å². The van der Waals surface area contributed by atoms with E-state index in [0.29, 0.717) is 6.61 Å². The summed E-state index contributed by atoms with van der Waals surface area (Å²) in [5, 5.41) is 0. The molecule has 0 amide bonds. The number of nitrogens with two attached hydrogens (primary N) is 1. The number of halogens is 1. The van der Waals surface area contributed by atoms with E-state index in [-0.39, 0.29) is 6.04 Å². The molecular weight excluding hydrogens is 304 g/mol. The van der Waals surface area contributed by atoms with Crippen LogP contribution in [-0.4, -0.2) is 4.98 Å². The fourth-order valence-electron chi connectivity index (χ4n) is 1.79. The average molecular weight is 321 g/mol. The smallest absolute Gasteiger partial charge is 0.130 e. The zero-order valence-electron chi connectivity index (χ0n) is 11.1. The van der Waals surface area contributed by atoms with Gasteiger partial charge in [0.15, 0.2) is 0 Å². The summed E-state index contributed by atoms with van der Waals surface area (Å²) >= 11 is 3.36. The summed E-state index contributed by atoms with van der Waals surface area (Å²) in [5.74, 6) is 0.833. The van der Waals surface area contributed by atoms with Crippen LogP contribution in [0.4, 0.5) is 0 Å². The fraction of sp³-hybridized carbons (Fsp3) is 0.267. The van der Waals surface area contributed by atoms with Crippen molar-refractivity contribution in [2.45, 2.75) is 26.5 Å². The maximum Gasteiger partial charge on any atom is 0.130 e. The lowest BCUT2D eigenvalue weighted by molar-refractivity contribution is 0.296. The number of pyridine rings is 1. The van der Waals surface area contributed by atoms with E-state index in [4.69, 9.17) is 10.5 Å². The Hall–Kier alpha value is -1.39. The van der Waals surface area contributed by atoms with Gasteiger partial charge in [-0.15, -0.1) is 0 Å². The van der Waals surface area contributed by atoms with Gasteiger partial charge in [0.05, 0.1) is 5.69 Å². The van der Waals surface area contributed by atoms with Gasteiger partial charge >= 0.3 is 0 Å². The highest BCUT2D eigenvalue weighted by atomic mass is 79.9. The van der Waals surface area contributed by atoms with Crippen LogP contribution < -0.4 is 10.5 Å². The van der Waals surface area contributed by atoms with Crippen LogP contribution in [0, 0.1) is 6.92 Å². The van der Waals surface area contributed by atoms with E-state index in [0.717, 1.165) is 27.0 Å². The second-order valence-corrected chi connectivity index (χ2v) is 5.50. The average Bonchev–Trinajstić information content (AvgIpc) is 2.38. The Kier molecular flexibility index (Phi) is 4.56. The van der Waals surface area contributed by atoms with Crippen molar-refractivity contribution in [3.05, 3.63) is 57.8 Å². The number of aromatic nitrogens is 1. The van der Waals surface area contributed by atoms with Crippen molar-refractivity contribution in [2.75, 3.05) is 0 Å². The van der Waals surface area contributed by atoms with E-state index in [1.807, 2.05) is 44.2 Å². The first-order valence-electron chi connectivity index (χ1n) is 6.15. The van der Waals surface area contributed by atoms with Crippen LogP contribution in [0.25, 0.3) is 0 Å². The Morgan fingerprint density at radius 3 is 2.74 bits per heavy atom. The summed E-state index contributed by atoms with van der Waals surface area (Å²) in [4.78, 5) is 4.29. The minimum Gasteiger partial charge on any atom is -0.487 e. The minimum absolute atomic E-state index is 0.0477. The molecule has 1 heterocycles. The molecule has 19 heavy (non-hydrogen) atoms. The number of ether oxygens (including phenoxy) is 1. The molecule has 0 spiro atoms. The summed E-state index contributed by atoms with van der Waals surface area (Å²) in [6, 6.07) is 9.92. The monoisotopic (exact) mass is 320 g/mol. The quantitative estimate of drug-likeness (QED) is 0.933. The van der Waals surface area contributed by atoms with Crippen LogP contribution in [0.3, 0.4) is 0 Å². The molecule has 1 aromatic carbocycles. The number of benzene rings is 1. The summed E-state index contributed by atoms with van der Waals surface area (Å²) < 4.78 is 6.81. The Morgan fingerprint density at radius 1 is 1.32 bits per heavy atom. The van der Waals surface area contributed by atoms with Gasteiger partial charge in [-0.3, -0.25) is 4.98 Å². The zero-order chi connectivity index (χ0) is 13.8. The van der Waals surface area contributed by atoms with Crippen molar-refractivity contribution in [3.63, 3.8) is 0 Å². The topological polar surface area (TPSA) is 48.1 Å². The first-order chi connectivity index (χ1) is 9.06. The molecule has 2 rings (SSSR count). The predicted octanol–water partition coefficient (Wildman–Crippen LogP) is 3.75. The van der Waals surface area contributed by atoms with E-state index in [1.165, 1.54) is 0 Å². The molecular formula is C15H17BrN2O. The lowest BCUT2D eigenvalue weighted by Crippen LogP contribution is -2.08. The molecule has 0 saturated carbocycles. The van der Waals surface area contributed by atoms with E-state index < -0.39 is 0 Å². The maximum atomic E-state index is 5.95. The molecule has 0 saturated heterocycles. The van der Waals surface area contributed by atoms with Gasteiger partial charge in [-0.25, -0.2) is 0 Å². The summed E-state index contributed by atoms with van der Waals surface area (Å²) in [6.45, 7) is 4.43. The molecule has 0 bridgehead atoms. The standard InChI is InChI=1S/C15H17BrN2O/c1-10-3-6-14(11(2)17)15(7-10)19-9-13-5-4-12(16)8-18-13/h3-8,11H,9,17H2,1-2H3/t11-/m1/s1. The molecule has 0 fully saturated rings. The minimum atomic E-state index is -0.0477. The van der Waals surface area contributed by atoms with Crippen LogP contribution >= 0.6 is 15.9 Å². The van der Waals surface area contributed by atoms with Crippen LogP contribution in [0.2, 0.25) is 0 Å². The van der Waals surface area contributed by atoms with Crippen LogP contribution in [-0.2, 0) is 6.61 Å². The van der Waals surface area contributed by atoms with Crippen LogP contribution in [0.1, 0.15) is 29.8 Å². The molecule has 0 aliphatic rings. The third-order valence-corrected chi connectivity index (χ3v) is 3.29. The fourth-order valence-corrected chi connectivity index (χ4v) is 2.02. The van der Waals surface area contributed by atoms with Gasteiger partial charge in [0.2, 0.25) is 0 Å². The SMILES string of the molecule is Cc1ccc([C@@H](C)N)c(OCc2ccc(Br)cn2)c1. The lowest BCUT2D eigenvalue weighted by atomic mass is 10.1. The molecule has 0 unspecified atom stereocenters. The van der Waals surface area contributed by atoms with Gasteiger partial charge in [-0.1, -0.05) is 12.1 Å². The van der Waals surface area contributed by atoms with Crippen LogP contribution in [0.5, 0.6) is 5.75 Å². The number of hydrogen-bond acceptors (Lipinski definition) is 3. The molecule has 1 atom stereocenters. The maximum absolute atomic E-state index is 5.95. The predicted molar refractivity (Wildman–Crippen MR) is 80.1 cm³/mol. The Balaban J connectivity index is 2.14. The molecule has 3 nitrogen and oxygen atoms in total. The summed E-state index contributed by atoms with van der Waals surface area (Å²) in [5.41, 5.74) is 9.01. The molecule has 2 aromatic rings. The second kappa shape index (κ2) is 6.17. The van der Waals surface area contributed by atoms with Gasteiger partial charge < -0.3 is 10.5 Å². The molecule has 100 valence electrons. The highest BCUT2D eigenvalue weighted by Crippen LogP contribution is 2.25. The molecule has 2 N–H and O–H groups in total. The van der Waals surface area contributed by atoms with Gasteiger partial charge in [0.25, 0.3) is 0 Å². The van der Waals surface area contributed by atoms with Crippen LogP contribution in [0.15, 0.2) is 41.0 Å². The van der Waals surface area contributed by atoms with Crippen molar-refractivity contribution in [1.29, 1.82) is 0 Å².